The third kappa shape index (κ3) is 5.70. The number of aliphatic carboxylic acids is 1. The average Bonchev–Trinajstić information content (AvgIpc) is 2.82. The van der Waals surface area contributed by atoms with E-state index in [-0.39, 0.29) is 18.5 Å². The van der Waals surface area contributed by atoms with Crippen molar-refractivity contribution >= 4 is 23.4 Å². The highest BCUT2D eigenvalue weighted by atomic mass is 19.1. The second-order valence-corrected chi connectivity index (χ2v) is 8.51. The summed E-state index contributed by atoms with van der Waals surface area (Å²) >= 11 is 0. The Bertz CT molecular complexity index is 988. The van der Waals surface area contributed by atoms with Crippen LogP contribution in [0.25, 0.3) is 5.70 Å². The third-order valence-corrected chi connectivity index (χ3v) is 6.15. The quantitative estimate of drug-likeness (QED) is 0.616. The number of urea groups is 1. The van der Waals surface area contributed by atoms with Gasteiger partial charge in [-0.15, -0.1) is 0 Å². The van der Waals surface area contributed by atoms with Crippen molar-refractivity contribution in [3.8, 4) is 0 Å². The average molecular weight is 454 g/mol. The molecule has 174 valence electrons. The molecule has 0 bridgehead atoms. The summed E-state index contributed by atoms with van der Waals surface area (Å²) in [5.74, 6) is -0.613. The summed E-state index contributed by atoms with van der Waals surface area (Å²) in [5.41, 5.74) is 2.40. The van der Waals surface area contributed by atoms with E-state index in [2.05, 4.69) is 5.32 Å². The molecule has 33 heavy (non-hydrogen) atoms. The minimum Gasteiger partial charge on any atom is -0.480 e. The summed E-state index contributed by atoms with van der Waals surface area (Å²) < 4.78 is 18.8. The molecule has 0 aromatic heterocycles. The first-order valence-corrected chi connectivity index (χ1v) is 11.2. The van der Waals surface area contributed by atoms with Gasteiger partial charge in [0.1, 0.15) is 12.4 Å². The van der Waals surface area contributed by atoms with E-state index in [4.69, 9.17) is 9.84 Å². The Morgan fingerprint density at radius 2 is 1.70 bits per heavy atom. The van der Waals surface area contributed by atoms with Crippen molar-refractivity contribution in [3.05, 3.63) is 72.2 Å². The zero-order valence-corrected chi connectivity index (χ0v) is 18.3. The molecule has 0 atom stereocenters. The van der Waals surface area contributed by atoms with Gasteiger partial charge in [0.25, 0.3) is 0 Å². The van der Waals surface area contributed by atoms with Gasteiger partial charge in [-0.25, -0.2) is 24.0 Å². The van der Waals surface area contributed by atoms with E-state index in [1.165, 1.54) is 12.1 Å². The predicted molar refractivity (Wildman–Crippen MR) is 122 cm³/mol. The molecule has 2 N–H and O–H groups in total. The van der Waals surface area contributed by atoms with E-state index in [1.54, 1.807) is 23.3 Å². The van der Waals surface area contributed by atoms with Gasteiger partial charge in [-0.1, -0.05) is 18.2 Å². The number of hydrazine groups is 1. The largest absolute Gasteiger partial charge is 0.480 e. The third-order valence-electron chi connectivity index (χ3n) is 6.15. The van der Waals surface area contributed by atoms with Gasteiger partial charge in [-0.05, 0) is 73.9 Å². The number of nitrogens with one attached hydrogen (secondary N) is 1. The molecule has 0 spiro atoms. The Kier molecular flexibility index (Phi) is 7.24. The van der Waals surface area contributed by atoms with Crippen LogP contribution in [0.15, 0.2) is 60.8 Å². The van der Waals surface area contributed by atoms with Crippen LogP contribution in [0.2, 0.25) is 0 Å². The molecule has 4 rings (SSSR count). The van der Waals surface area contributed by atoms with Crippen LogP contribution in [0, 0.1) is 17.7 Å². The maximum Gasteiger partial charge on any atom is 0.340 e. The zero-order valence-electron chi connectivity index (χ0n) is 18.3. The minimum atomic E-state index is -0.953. The number of benzene rings is 2. The molecule has 1 aliphatic carbocycles. The number of hydrogen-bond donors (Lipinski definition) is 2. The highest BCUT2D eigenvalue weighted by molar-refractivity contribution is 5.90. The monoisotopic (exact) mass is 453 g/mol. The van der Waals surface area contributed by atoms with Gasteiger partial charge in [0.05, 0.1) is 18.0 Å². The van der Waals surface area contributed by atoms with Gasteiger partial charge in [-0.3, -0.25) is 0 Å². The number of carbonyl (C=O) groups excluding carboxylic acids is 1. The predicted octanol–water partition coefficient (Wildman–Crippen LogP) is 4.48. The van der Waals surface area contributed by atoms with E-state index in [0.29, 0.717) is 25.0 Å². The van der Waals surface area contributed by atoms with E-state index in [1.807, 2.05) is 35.3 Å². The van der Waals surface area contributed by atoms with E-state index in [0.717, 1.165) is 42.6 Å². The second-order valence-electron chi connectivity index (χ2n) is 8.51. The Labute approximate surface area is 192 Å². The number of ether oxygens (including phenoxy) is 1. The number of anilines is 1. The Balaban J connectivity index is 1.49. The first-order chi connectivity index (χ1) is 16.0. The smallest absolute Gasteiger partial charge is 0.340 e. The molecule has 1 fully saturated rings. The Morgan fingerprint density at radius 3 is 2.36 bits per heavy atom. The van der Waals surface area contributed by atoms with Crippen molar-refractivity contribution in [1.82, 2.24) is 10.3 Å². The van der Waals surface area contributed by atoms with Gasteiger partial charge >= 0.3 is 12.0 Å². The number of carbonyl (C=O) groups is 2. The van der Waals surface area contributed by atoms with Crippen LogP contribution >= 0.6 is 0 Å². The van der Waals surface area contributed by atoms with Gasteiger partial charge in [0, 0.05) is 18.3 Å². The van der Waals surface area contributed by atoms with Crippen LogP contribution in [0.4, 0.5) is 14.9 Å². The fourth-order valence-corrected chi connectivity index (χ4v) is 4.46. The number of para-hydroxylation sites is 1. The van der Waals surface area contributed by atoms with Crippen LogP contribution in [0.3, 0.4) is 0 Å². The standard InChI is InChI=1S/C25H28FN3O4/c26-21-12-10-20(11-13-21)23-14-27-25(32)28(29(23)22-4-2-1-3-5-22)15-18-6-8-19(9-7-18)16-33-17-24(30)31/h1-5,10-14,18-19H,6-9,15-17H2,(H,27,32)(H,30,31). The van der Waals surface area contributed by atoms with Crippen LogP contribution in [-0.4, -0.2) is 41.9 Å². The molecule has 2 aliphatic rings. The molecule has 1 aliphatic heterocycles. The van der Waals surface area contributed by atoms with E-state index >= 15 is 0 Å². The van der Waals surface area contributed by atoms with Crippen molar-refractivity contribution in [1.29, 1.82) is 0 Å². The van der Waals surface area contributed by atoms with Crippen LogP contribution in [0.1, 0.15) is 31.2 Å². The highest BCUT2D eigenvalue weighted by Crippen LogP contribution is 2.34. The van der Waals surface area contributed by atoms with Crippen LogP contribution in [-0.2, 0) is 9.53 Å². The maximum absolute atomic E-state index is 13.5. The number of amides is 2. The number of carboxylic acid groups (broad SMARTS) is 1. The van der Waals surface area contributed by atoms with Crippen molar-refractivity contribution < 1.29 is 23.8 Å². The summed E-state index contributed by atoms with van der Waals surface area (Å²) in [6.45, 7) is 0.733. The van der Waals surface area contributed by atoms with Crippen LogP contribution in [0.5, 0.6) is 0 Å². The van der Waals surface area contributed by atoms with Crippen molar-refractivity contribution in [3.63, 3.8) is 0 Å². The fourth-order valence-electron chi connectivity index (χ4n) is 4.46. The SMILES string of the molecule is O=C(O)COCC1CCC(CN2C(=O)NC=C(c3ccc(F)cc3)N2c2ccccc2)CC1. The highest BCUT2D eigenvalue weighted by Gasteiger charge is 2.33. The molecule has 1 saturated carbocycles. The topological polar surface area (TPSA) is 82.1 Å². The molecule has 8 heteroatoms. The molecule has 7 nitrogen and oxygen atoms in total. The number of nitrogens with zero attached hydrogens (tertiary/aromatic N) is 2. The minimum absolute atomic E-state index is 0.211. The first kappa shape index (κ1) is 22.8. The van der Waals surface area contributed by atoms with Crippen LogP contribution < -0.4 is 10.3 Å². The molecule has 2 aromatic rings. The molecule has 0 unspecified atom stereocenters. The molecular weight excluding hydrogens is 425 g/mol. The summed E-state index contributed by atoms with van der Waals surface area (Å²) in [7, 11) is 0. The molecule has 0 radical (unpaired) electrons. The molecule has 0 saturated heterocycles. The first-order valence-electron chi connectivity index (χ1n) is 11.2. The van der Waals surface area contributed by atoms with Crippen molar-refractivity contribution in [2.45, 2.75) is 25.7 Å². The van der Waals surface area contributed by atoms with Gasteiger partial charge < -0.3 is 15.2 Å². The molecule has 2 aromatic carbocycles. The lowest BCUT2D eigenvalue weighted by Gasteiger charge is -2.43. The second kappa shape index (κ2) is 10.5. The lowest BCUT2D eigenvalue weighted by molar-refractivity contribution is -0.142. The summed E-state index contributed by atoms with van der Waals surface area (Å²) in [6.07, 6.45) is 5.40. The molecule has 2 amide bonds. The van der Waals surface area contributed by atoms with Gasteiger partial charge in [0.15, 0.2) is 0 Å². The fraction of sp³-hybridized carbons (Fsp3) is 0.360. The van der Waals surface area contributed by atoms with Gasteiger partial charge in [-0.2, -0.15) is 0 Å². The van der Waals surface area contributed by atoms with E-state index in [9.17, 15) is 14.0 Å². The number of carboxylic acids is 1. The number of hydrogen-bond acceptors (Lipinski definition) is 4. The summed E-state index contributed by atoms with van der Waals surface area (Å²) in [5, 5.41) is 15.2. The summed E-state index contributed by atoms with van der Waals surface area (Å²) in [6, 6.07) is 15.7. The zero-order chi connectivity index (χ0) is 23.2. The number of rotatable bonds is 8. The number of halogens is 1. The molecule has 1 heterocycles. The lowest BCUT2D eigenvalue weighted by Crippen LogP contribution is -2.54. The lowest BCUT2D eigenvalue weighted by atomic mass is 9.82. The van der Waals surface area contributed by atoms with Crippen molar-refractivity contribution in [2.24, 2.45) is 11.8 Å². The van der Waals surface area contributed by atoms with E-state index < -0.39 is 5.97 Å². The normalized spacial score (nSPS) is 20.9. The maximum atomic E-state index is 13.5. The summed E-state index contributed by atoms with van der Waals surface area (Å²) in [4.78, 5) is 23.6. The van der Waals surface area contributed by atoms with Crippen molar-refractivity contribution in [2.75, 3.05) is 24.8 Å². The van der Waals surface area contributed by atoms with Gasteiger partial charge in [0.2, 0.25) is 0 Å². The molecular formula is C25H28FN3O4. The Hall–Kier alpha value is -3.39. The Morgan fingerprint density at radius 1 is 1.03 bits per heavy atom.